The Morgan fingerprint density at radius 2 is 1.88 bits per heavy atom. The third-order valence-corrected chi connectivity index (χ3v) is 4.61. The molecule has 24 heavy (non-hydrogen) atoms. The molecule has 0 radical (unpaired) electrons. The van der Waals surface area contributed by atoms with Gasteiger partial charge in [-0.3, -0.25) is 9.78 Å². The van der Waals surface area contributed by atoms with Crippen LogP contribution in [0.4, 0.5) is 11.4 Å². The van der Waals surface area contributed by atoms with Gasteiger partial charge in [-0.15, -0.1) is 0 Å². The van der Waals surface area contributed by atoms with Gasteiger partial charge in [-0.2, -0.15) is 0 Å². The number of nitrogens with one attached hydrogen (secondary N) is 1. The Bertz CT molecular complexity index is 666. The quantitative estimate of drug-likeness (QED) is 0.892. The van der Waals surface area contributed by atoms with E-state index in [2.05, 4.69) is 34.3 Å². The van der Waals surface area contributed by atoms with Crippen LogP contribution in [0.15, 0.2) is 48.7 Å². The highest BCUT2D eigenvalue weighted by Crippen LogP contribution is 2.25. The number of para-hydroxylation sites is 1. The molecule has 1 saturated carbocycles. The smallest absolute Gasteiger partial charge is 0.270 e. The molecule has 0 atom stereocenters. The van der Waals surface area contributed by atoms with Crippen molar-refractivity contribution in [1.29, 1.82) is 0 Å². The maximum Gasteiger partial charge on any atom is 0.270 e. The topological polar surface area (TPSA) is 45.2 Å². The fourth-order valence-corrected chi connectivity index (χ4v) is 3.34. The predicted molar refractivity (Wildman–Crippen MR) is 97.7 cm³/mol. The van der Waals surface area contributed by atoms with Crippen molar-refractivity contribution < 1.29 is 4.79 Å². The number of anilines is 2. The number of rotatable bonds is 5. The summed E-state index contributed by atoms with van der Waals surface area (Å²) in [5.74, 6) is -0.0622. The fourth-order valence-electron chi connectivity index (χ4n) is 3.34. The maximum atomic E-state index is 12.5. The zero-order valence-electron chi connectivity index (χ0n) is 14.2. The van der Waals surface area contributed by atoms with Gasteiger partial charge in [0.25, 0.3) is 5.91 Å². The van der Waals surface area contributed by atoms with Crippen molar-refractivity contribution in [1.82, 2.24) is 10.3 Å². The van der Waals surface area contributed by atoms with E-state index in [1.807, 2.05) is 30.3 Å². The summed E-state index contributed by atoms with van der Waals surface area (Å²) in [4.78, 5) is 19.0. The van der Waals surface area contributed by atoms with Gasteiger partial charge < -0.3 is 10.2 Å². The van der Waals surface area contributed by atoms with E-state index >= 15 is 0 Å². The van der Waals surface area contributed by atoms with Gasteiger partial charge in [0.05, 0.1) is 0 Å². The minimum Gasteiger partial charge on any atom is -0.348 e. The number of pyridine rings is 1. The normalized spacial score (nSPS) is 15.0. The first-order valence-corrected chi connectivity index (χ1v) is 8.87. The third-order valence-electron chi connectivity index (χ3n) is 4.61. The van der Waals surface area contributed by atoms with Crippen LogP contribution in [0.25, 0.3) is 0 Å². The van der Waals surface area contributed by atoms with Gasteiger partial charge in [-0.1, -0.05) is 37.5 Å². The summed E-state index contributed by atoms with van der Waals surface area (Å²) >= 11 is 0. The zero-order valence-corrected chi connectivity index (χ0v) is 14.2. The fraction of sp³-hybridized carbons (Fsp3) is 0.400. The molecular weight excluding hydrogens is 298 g/mol. The molecule has 4 heteroatoms. The molecule has 1 aliphatic rings. The van der Waals surface area contributed by atoms with Gasteiger partial charge in [-0.05, 0) is 44.0 Å². The van der Waals surface area contributed by atoms with Crippen LogP contribution in [-0.4, -0.2) is 23.5 Å². The molecule has 0 bridgehead atoms. The summed E-state index contributed by atoms with van der Waals surface area (Å²) < 4.78 is 0. The molecule has 0 aliphatic heterocycles. The standard InChI is InChI=1S/C20H25N3O/c1-2-23(17-11-7-4-8-12-17)18-13-14-21-19(15-18)20(24)22-16-9-5-3-6-10-16/h4,7-8,11-16H,2-3,5-6,9-10H2,1H3,(H,22,24). The molecule has 1 aromatic heterocycles. The Labute approximate surface area is 143 Å². The molecular formula is C20H25N3O. The molecule has 2 aromatic rings. The van der Waals surface area contributed by atoms with E-state index in [0.29, 0.717) is 11.7 Å². The molecule has 1 heterocycles. The number of carbonyl (C=O) groups excluding carboxylic acids is 1. The van der Waals surface area contributed by atoms with Crippen molar-refractivity contribution in [3.8, 4) is 0 Å². The molecule has 0 unspecified atom stereocenters. The Hall–Kier alpha value is -2.36. The van der Waals surface area contributed by atoms with Crippen molar-refractivity contribution in [2.45, 2.75) is 45.1 Å². The molecule has 0 spiro atoms. The summed E-state index contributed by atoms with van der Waals surface area (Å²) in [6.07, 6.45) is 7.57. The van der Waals surface area contributed by atoms with Crippen molar-refractivity contribution in [2.24, 2.45) is 0 Å². The third kappa shape index (κ3) is 3.94. The van der Waals surface area contributed by atoms with Crippen molar-refractivity contribution >= 4 is 17.3 Å². The number of carbonyl (C=O) groups is 1. The van der Waals surface area contributed by atoms with E-state index in [4.69, 9.17) is 0 Å². The number of amides is 1. The van der Waals surface area contributed by atoms with E-state index in [1.54, 1.807) is 6.20 Å². The average Bonchev–Trinajstić information content (AvgIpc) is 2.64. The number of hydrogen-bond donors (Lipinski definition) is 1. The highest BCUT2D eigenvalue weighted by Gasteiger charge is 2.18. The number of benzene rings is 1. The highest BCUT2D eigenvalue weighted by molar-refractivity contribution is 5.93. The molecule has 3 rings (SSSR count). The second-order valence-electron chi connectivity index (χ2n) is 6.29. The van der Waals surface area contributed by atoms with Crippen LogP contribution in [0.3, 0.4) is 0 Å². The first kappa shape index (κ1) is 16.5. The van der Waals surface area contributed by atoms with Gasteiger partial charge in [0, 0.05) is 30.2 Å². The number of nitrogens with zero attached hydrogens (tertiary/aromatic N) is 2. The van der Waals surface area contributed by atoms with Crippen LogP contribution in [-0.2, 0) is 0 Å². The SMILES string of the molecule is CCN(c1ccccc1)c1ccnc(C(=O)NC2CCCCC2)c1. The van der Waals surface area contributed by atoms with Crippen LogP contribution in [0.1, 0.15) is 49.5 Å². The van der Waals surface area contributed by atoms with Crippen LogP contribution in [0, 0.1) is 0 Å². The Morgan fingerprint density at radius 3 is 2.58 bits per heavy atom. The van der Waals surface area contributed by atoms with Gasteiger partial charge >= 0.3 is 0 Å². The minimum absolute atomic E-state index is 0.0622. The number of aromatic nitrogens is 1. The summed E-state index contributed by atoms with van der Waals surface area (Å²) in [5, 5.41) is 3.14. The Morgan fingerprint density at radius 1 is 1.12 bits per heavy atom. The largest absolute Gasteiger partial charge is 0.348 e. The van der Waals surface area contributed by atoms with Crippen LogP contribution in [0.5, 0.6) is 0 Å². The van der Waals surface area contributed by atoms with Gasteiger partial charge in [0.15, 0.2) is 0 Å². The van der Waals surface area contributed by atoms with E-state index in [9.17, 15) is 4.79 Å². The lowest BCUT2D eigenvalue weighted by Gasteiger charge is -2.24. The summed E-state index contributed by atoms with van der Waals surface area (Å²) in [7, 11) is 0. The van der Waals surface area contributed by atoms with E-state index in [1.165, 1.54) is 19.3 Å². The van der Waals surface area contributed by atoms with Crippen molar-refractivity contribution in [2.75, 3.05) is 11.4 Å². The van der Waals surface area contributed by atoms with E-state index in [-0.39, 0.29) is 5.91 Å². The lowest BCUT2D eigenvalue weighted by Crippen LogP contribution is -2.36. The highest BCUT2D eigenvalue weighted by atomic mass is 16.1. The predicted octanol–water partition coefficient (Wildman–Crippen LogP) is 4.30. The summed E-state index contributed by atoms with van der Waals surface area (Å²) in [5.41, 5.74) is 2.60. The summed E-state index contributed by atoms with van der Waals surface area (Å²) in [6.45, 7) is 2.94. The van der Waals surface area contributed by atoms with E-state index < -0.39 is 0 Å². The van der Waals surface area contributed by atoms with Crippen molar-refractivity contribution in [3.05, 3.63) is 54.4 Å². The van der Waals surface area contributed by atoms with E-state index in [0.717, 1.165) is 30.8 Å². The minimum atomic E-state index is -0.0622. The van der Waals surface area contributed by atoms with Gasteiger partial charge in [-0.25, -0.2) is 0 Å². The van der Waals surface area contributed by atoms with Crippen LogP contribution >= 0.6 is 0 Å². The second-order valence-corrected chi connectivity index (χ2v) is 6.29. The Balaban J connectivity index is 1.76. The molecule has 1 amide bonds. The molecule has 0 saturated heterocycles. The first-order chi connectivity index (χ1) is 11.8. The molecule has 1 N–H and O–H groups in total. The molecule has 1 fully saturated rings. The Kier molecular flexibility index (Phi) is 5.47. The molecule has 126 valence electrons. The average molecular weight is 323 g/mol. The first-order valence-electron chi connectivity index (χ1n) is 8.87. The maximum absolute atomic E-state index is 12.5. The lowest BCUT2D eigenvalue weighted by atomic mass is 9.95. The van der Waals surface area contributed by atoms with Gasteiger partial charge in [0.1, 0.15) is 5.69 Å². The molecule has 1 aromatic carbocycles. The number of hydrogen-bond acceptors (Lipinski definition) is 3. The second kappa shape index (κ2) is 7.95. The lowest BCUT2D eigenvalue weighted by molar-refractivity contribution is 0.0922. The molecule has 4 nitrogen and oxygen atoms in total. The van der Waals surface area contributed by atoms with Crippen LogP contribution < -0.4 is 10.2 Å². The van der Waals surface area contributed by atoms with Gasteiger partial charge in [0.2, 0.25) is 0 Å². The van der Waals surface area contributed by atoms with Crippen LogP contribution in [0.2, 0.25) is 0 Å². The molecule has 1 aliphatic carbocycles. The monoisotopic (exact) mass is 323 g/mol. The van der Waals surface area contributed by atoms with Crippen molar-refractivity contribution in [3.63, 3.8) is 0 Å². The zero-order chi connectivity index (χ0) is 16.8. The summed E-state index contributed by atoms with van der Waals surface area (Å²) in [6, 6.07) is 14.3.